The van der Waals surface area contributed by atoms with Crippen LogP contribution in [-0.4, -0.2) is 58.3 Å². The van der Waals surface area contributed by atoms with Gasteiger partial charge in [-0.2, -0.15) is 0 Å². The lowest BCUT2D eigenvalue weighted by Gasteiger charge is -2.35. The summed E-state index contributed by atoms with van der Waals surface area (Å²) in [5, 5.41) is 3.08. The molecule has 1 aliphatic heterocycles. The maximum Gasteiger partial charge on any atom is 0.217 e. The van der Waals surface area contributed by atoms with E-state index in [0.717, 1.165) is 55.0 Å². The van der Waals surface area contributed by atoms with Crippen molar-refractivity contribution in [3.63, 3.8) is 0 Å². The fourth-order valence-electron chi connectivity index (χ4n) is 5.95. The molecule has 1 N–H and O–H groups in total. The van der Waals surface area contributed by atoms with E-state index in [2.05, 4.69) is 39.4 Å². The van der Waals surface area contributed by atoms with Crippen molar-refractivity contribution in [1.82, 2.24) is 10.2 Å². The Morgan fingerprint density at radius 2 is 1.65 bits per heavy atom. The summed E-state index contributed by atoms with van der Waals surface area (Å²) in [5.41, 5.74) is 5.38. The molecule has 5 rings (SSSR count). The number of amides is 1. The van der Waals surface area contributed by atoms with E-state index in [1.54, 1.807) is 27.4 Å². The summed E-state index contributed by atoms with van der Waals surface area (Å²) in [7, 11) is 4.79. The number of ether oxygens (including phenoxy) is 3. The SMILES string of the molecule is COc1cc2c(c(OC)c1OC)-c1ccc(N3CCN(Cc4ccccc4)CC3)c(=O)cc1[C@H](NC(C)=O)CC2. The molecule has 1 heterocycles. The highest BCUT2D eigenvalue weighted by molar-refractivity contribution is 5.83. The highest BCUT2D eigenvalue weighted by atomic mass is 16.5. The zero-order valence-electron chi connectivity index (χ0n) is 23.7. The molecule has 8 heteroatoms. The van der Waals surface area contributed by atoms with Crippen molar-refractivity contribution in [2.75, 3.05) is 52.4 Å². The van der Waals surface area contributed by atoms with E-state index in [1.807, 2.05) is 24.3 Å². The largest absolute Gasteiger partial charge is 0.493 e. The van der Waals surface area contributed by atoms with Gasteiger partial charge in [0, 0.05) is 45.2 Å². The van der Waals surface area contributed by atoms with Crippen LogP contribution in [0.4, 0.5) is 5.69 Å². The summed E-state index contributed by atoms with van der Waals surface area (Å²) in [6.07, 6.45) is 1.30. The molecule has 1 fully saturated rings. The molecule has 0 saturated carbocycles. The fourth-order valence-corrected chi connectivity index (χ4v) is 5.95. The smallest absolute Gasteiger partial charge is 0.217 e. The van der Waals surface area contributed by atoms with E-state index in [-0.39, 0.29) is 17.4 Å². The topological polar surface area (TPSA) is 80.3 Å². The number of rotatable bonds is 7. The van der Waals surface area contributed by atoms with Crippen LogP contribution >= 0.6 is 0 Å². The van der Waals surface area contributed by atoms with Gasteiger partial charge in [0.15, 0.2) is 11.5 Å². The van der Waals surface area contributed by atoms with Gasteiger partial charge in [-0.25, -0.2) is 0 Å². The quantitative estimate of drug-likeness (QED) is 0.479. The Balaban J connectivity index is 1.55. The third-order valence-electron chi connectivity index (χ3n) is 7.86. The highest BCUT2D eigenvalue weighted by Crippen LogP contribution is 2.50. The van der Waals surface area contributed by atoms with Crippen LogP contribution in [0.3, 0.4) is 0 Å². The van der Waals surface area contributed by atoms with Gasteiger partial charge >= 0.3 is 0 Å². The second-order valence-electron chi connectivity index (χ2n) is 10.3. The van der Waals surface area contributed by atoms with Gasteiger partial charge in [-0.15, -0.1) is 0 Å². The number of fused-ring (bicyclic) bond motifs is 3. The van der Waals surface area contributed by atoms with Crippen LogP contribution in [0.25, 0.3) is 11.1 Å². The molecule has 0 bridgehead atoms. The first-order chi connectivity index (χ1) is 19.4. The van der Waals surface area contributed by atoms with Gasteiger partial charge in [-0.05, 0) is 53.3 Å². The number of hydrogen-bond acceptors (Lipinski definition) is 7. The average molecular weight is 544 g/mol. The molecule has 8 nitrogen and oxygen atoms in total. The number of anilines is 1. The minimum atomic E-state index is -0.322. The molecule has 3 aromatic carbocycles. The van der Waals surface area contributed by atoms with Crippen molar-refractivity contribution in [3.8, 4) is 28.4 Å². The van der Waals surface area contributed by atoms with Crippen molar-refractivity contribution >= 4 is 11.6 Å². The lowest BCUT2D eigenvalue weighted by atomic mass is 9.95. The van der Waals surface area contributed by atoms with Crippen LogP contribution in [0, 0.1) is 0 Å². The van der Waals surface area contributed by atoms with Crippen LogP contribution in [0.2, 0.25) is 0 Å². The first-order valence-electron chi connectivity index (χ1n) is 13.7. The number of benzene rings is 2. The summed E-state index contributed by atoms with van der Waals surface area (Å²) in [6.45, 7) is 5.67. The first-order valence-corrected chi connectivity index (χ1v) is 13.7. The lowest BCUT2D eigenvalue weighted by molar-refractivity contribution is -0.119. The minimum Gasteiger partial charge on any atom is -0.493 e. The molecule has 1 aliphatic carbocycles. The Bertz CT molecular complexity index is 1430. The molecule has 1 saturated heterocycles. The van der Waals surface area contributed by atoms with E-state index in [4.69, 9.17) is 14.2 Å². The zero-order valence-corrected chi connectivity index (χ0v) is 23.7. The maximum atomic E-state index is 13.8. The molecule has 0 unspecified atom stereocenters. The molecular weight excluding hydrogens is 506 g/mol. The Kier molecular flexibility index (Phi) is 8.26. The van der Waals surface area contributed by atoms with Crippen molar-refractivity contribution < 1.29 is 19.0 Å². The fraction of sp³-hybridized carbons (Fsp3) is 0.375. The normalized spacial score (nSPS) is 16.8. The van der Waals surface area contributed by atoms with Gasteiger partial charge in [-0.3, -0.25) is 14.5 Å². The van der Waals surface area contributed by atoms with Crippen molar-refractivity contribution in [3.05, 3.63) is 81.5 Å². The number of nitrogens with one attached hydrogen (secondary N) is 1. The van der Waals surface area contributed by atoms with E-state index in [0.29, 0.717) is 35.8 Å². The summed E-state index contributed by atoms with van der Waals surface area (Å²) >= 11 is 0. The van der Waals surface area contributed by atoms with E-state index in [1.165, 1.54) is 12.5 Å². The van der Waals surface area contributed by atoms with E-state index in [9.17, 15) is 9.59 Å². The van der Waals surface area contributed by atoms with Gasteiger partial charge in [0.25, 0.3) is 0 Å². The number of carbonyl (C=O) groups excluding carboxylic acids is 1. The van der Waals surface area contributed by atoms with E-state index >= 15 is 0 Å². The van der Waals surface area contributed by atoms with Crippen LogP contribution < -0.4 is 29.9 Å². The molecule has 0 aromatic heterocycles. The van der Waals surface area contributed by atoms with E-state index < -0.39 is 0 Å². The van der Waals surface area contributed by atoms with Gasteiger partial charge in [0.1, 0.15) is 0 Å². The Morgan fingerprint density at radius 1 is 0.925 bits per heavy atom. The van der Waals surface area contributed by atoms with Crippen molar-refractivity contribution in [2.24, 2.45) is 0 Å². The third-order valence-corrected chi connectivity index (χ3v) is 7.86. The highest BCUT2D eigenvalue weighted by Gasteiger charge is 2.30. The number of piperazine rings is 1. The molecule has 3 aromatic rings. The Morgan fingerprint density at radius 3 is 2.30 bits per heavy atom. The number of nitrogens with zero attached hydrogens (tertiary/aromatic N) is 2. The third kappa shape index (κ3) is 5.49. The van der Waals surface area contributed by atoms with Crippen LogP contribution in [0.15, 0.2) is 59.4 Å². The maximum absolute atomic E-state index is 13.8. The van der Waals surface area contributed by atoms with Crippen LogP contribution in [0.5, 0.6) is 17.2 Å². The minimum absolute atomic E-state index is 0.0593. The average Bonchev–Trinajstić information content (AvgIpc) is 3.21. The molecule has 0 radical (unpaired) electrons. The molecule has 210 valence electrons. The molecule has 0 spiro atoms. The molecular formula is C32H37N3O5. The van der Waals surface area contributed by atoms with Gasteiger partial charge in [0.2, 0.25) is 17.1 Å². The summed E-state index contributed by atoms with van der Waals surface area (Å²) in [6, 6.07) is 17.7. The summed E-state index contributed by atoms with van der Waals surface area (Å²) in [5.74, 6) is 1.49. The summed E-state index contributed by atoms with van der Waals surface area (Å²) < 4.78 is 17.2. The number of methoxy groups -OCH3 is 3. The Hall–Kier alpha value is -4.04. The van der Waals surface area contributed by atoms with Crippen molar-refractivity contribution in [2.45, 2.75) is 32.4 Å². The van der Waals surface area contributed by atoms with Crippen LogP contribution in [0.1, 0.15) is 36.1 Å². The second-order valence-corrected chi connectivity index (χ2v) is 10.3. The van der Waals surface area contributed by atoms with Gasteiger partial charge in [0.05, 0.1) is 33.1 Å². The number of aryl methyl sites for hydroxylation is 1. The molecule has 40 heavy (non-hydrogen) atoms. The predicted molar refractivity (Wildman–Crippen MR) is 157 cm³/mol. The predicted octanol–water partition coefficient (Wildman–Crippen LogP) is 4.19. The Labute approximate surface area is 235 Å². The monoisotopic (exact) mass is 543 g/mol. The standard InChI is InChI=1S/C32H37N3O5/c1-21(36)33-26-12-10-23-18-29(38-2)31(39-3)32(40-4)30(23)24-11-13-27(28(37)19-25(24)26)35-16-14-34(15-17-35)20-22-8-6-5-7-9-22/h5-9,11,13,18-19,26H,10,12,14-17,20H2,1-4H3,(H,33,36)/t26-/m1/s1. The second kappa shape index (κ2) is 12.0. The molecule has 2 aliphatic rings. The zero-order chi connectivity index (χ0) is 28.2. The molecule has 1 atom stereocenters. The number of carbonyl (C=O) groups is 1. The van der Waals surface area contributed by atoms with Gasteiger partial charge < -0.3 is 24.4 Å². The first kappa shape index (κ1) is 27.5. The lowest BCUT2D eigenvalue weighted by Crippen LogP contribution is -2.47. The van der Waals surface area contributed by atoms with Crippen LogP contribution in [-0.2, 0) is 17.8 Å². The number of hydrogen-bond donors (Lipinski definition) is 1. The van der Waals surface area contributed by atoms with Gasteiger partial charge in [-0.1, -0.05) is 36.4 Å². The molecule has 1 amide bonds. The summed E-state index contributed by atoms with van der Waals surface area (Å²) in [4.78, 5) is 30.5. The van der Waals surface area contributed by atoms with Crippen molar-refractivity contribution in [1.29, 1.82) is 0 Å².